The lowest BCUT2D eigenvalue weighted by atomic mass is 10.0. The molecule has 0 unspecified atom stereocenters. The second kappa shape index (κ2) is 7.47. The Morgan fingerprint density at radius 1 is 1.00 bits per heavy atom. The number of anilines is 1. The molecule has 1 amide bonds. The zero-order chi connectivity index (χ0) is 16.9. The predicted molar refractivity (Wildman–Crippen MR) is 94.2 cm³/mol. The van der Waals surface area contributed by atoms with Gasteiger partial charge in [-0.3, -0.25) is 4.79 Å². The summed E-state index contributed by atoms with van der Waals surface area (Å²) in [7, 11) is 0. The van der Waals surface area contributed by atoms with Gasteiger partial charge in [-0.05, 0) is 37.1 Å². The van der Waals surface area contributed by atoms with Crippen molar-refractivity contribution in [2.24, 2.45) is 5.92 Å². The van der Waals surface area contributed by atoms with Gasteiger partial charge in [0.2, 0.25) is 5.91 Å². The van der Waals surface area contributed by atoms with Crippen LogP contribution in [-0.2, 0) is 4.79 Å². The van der Waals surface area contributed by atoms with E-state index in [0.717, 1.165) is 50.7 Å². The van der Waals surface area contributed by atoms with Gasteiger partial charge >= 0.3 is 0 Å². The average Bonchev–Trinajstić information content (AvgIpc) is 3.18. The topological polar surface area (TPSA) is 54.3 Å². The zero-order valence-electron chi connectivity index (χ0n) is 14.4. The molecule has 1 fully saturated rings. The largest absolute Gasteiger partial charge is 0.352 e. The molecule has 0 saturated carbocycles. The lowest BCUT2D eigenvalue weighted by Crippen LogP contribution is -2.50. The Labute approximate surface area is 143 Å². The van der Waals surface area contributed by atoms with E-state index in [1.54, 1.807) is 0 Å². The van der Waals surface area contributed by atoms with Gasteiger partial charge in [-0.1, -0.05) is 13.8 Å². The van der Waals surface area contributed by atoms with E-state index >= 15 is 0 Å². The molecular weight excluding hydrogens is 302 g/mol. The van der Waals surface area contributed by atoms with Gasteiger partial charge in [0.1, 0.15) is 0 Å². The molecule has 1 saturated heterocycles. The molecule has 128 valence electrons. The first-order valence-electron chi connectivity index (χ1n) is 8.73. The quantitative estimate of drug-likeness (QED) is 0.846. The molecule has 2 aromatic rings. The summed E-state index contributed by atoms with van der Waals surface area (Å²) in [4.78, 5) is 16.6. The van der Waals surface area contributed by atoms with E-state index in [1.165, 1.54) is 0 Å². The van der Waals surface area contributed by atoms with Crippen LogP contribution < -0.4 is 4.90 Å². The molecule has 2 aromatic heterocycles. The van der Waals surface area contributed by atoms with Crippen molar-refractivity contribution in [1.82, 2.24) is 19.7 Å². The van der Waals surface area contributed by atoms with Crippen LogP contribution >= 0.6 is 0 Å². The third-order valence-corrected chi connectivity index (χ3v) is 4.76. The number of hydrogen-bond acceptors (Lipinski definition) is 4. The maximum absolute atomic E-state index is 12.5. The lowest BCUT2D eigenvalue weighted by molar-refractivity contribution is -0.136. The first kappa shape index (κ1) is 16.5. The molecule has 3 rings (SSSR count). The number of nitrogens with zero attached hydrogens (tertiary/aromatic N) is 5. The number of hydrogen-bond donors (Lipinski definition) is 0. The van der Waals surface area contributed by atoms with E-state index in [4.69, 9.17) is 0 Å². The van der Waals surface area contributed by atoms with E-state index < -0.39 is 0 Å². The molecule has 6 heteroatoms. The Hall–Kier alpha value is -2.37. The van der Waals surface area contributed by atoms with Gasteiger partial charge in [0, 0.05) is 44.5 Å². The molecule has 1 aliphatic heterocycles. The van der Waals surface area contributed by atoms with Crippen molar-refractivity contribution in [3.05, 3.63) is 36.7 Å². The Morgan fingerprint density at radius 2 is 1.58 bits per heavy atom. The van der Waals surface area contributed by atoms with Crippen molar-refractivity contribution in [1.29, 1.82) is 0 Å². The summed E-state index contributed by atoms with van der Waals surface area (Å²) in [5.74, 6) is 2.15. The summed E-state index contributed by atoms with van der Waals surface area (Å²) in [6.07, 6.45) is 5.74. The fourth-order valence-corrected chi connectivity index (χ4v) is 3.16. The third kappa shape index (κ3) is 3.42. The lowest BCUT2D eigenvalue weighted by Gasteiger charge is -2.36. The second-order valence-electron chi connectivity index (χ2n) is 6.17. The predicted octanol–water partition coefficient (Wildman–Crippen LogP) is 2.35. The molecule has 0 aromatic carbocycles. The Kier molecular flexibility index (Phi) is 5.13. The third-order valence-electron chi connectivity index (χ3n) is 4.76. The minimum Gasteiger partial charge on any atom is -0.352 e. The van der Waals surface area contributed by atoms with Crippen LogP contribution in [0.5, 0.6) is 0 Å². The summed E-state index contributed by atoms with van der Waals surface area (Å²) >= 11 is 0. The highest BCUT2D eigenvalue weighted by Crippen LogP contribution is 2.17. The monoisotopic (exact) mass is 327 g/mol. The highest BCUT2D eigenvalue weighted by molar-refractivity contribution is 5.79. The molecule has 6 nitrogen and oxygen atoms in total. The van der Waals surface area contributed by atoms with Gasteiger partial charge in [-0.15, -0.1) is 10.2 Å². The molecule has 0 bridgehead atoms. The molecule has 3 heterocycles. The first-order chi connectivity index (χ1) is 11.7. The number of carbonyl (C=O) groups is 1. The Morgan fingerprint density at radius 3 is 2.12 bits per heavy atom. The number of amides is 1. The number of carbonyl (C=O) groups excluding carboxylic acids is 1. The van der Waals surface area contributed by atoms with E-state index in [0.29, 0.717) is 5.91 Å². The Balaban J connectivity index is 1.59. The van der Waals surface area contributed by atoms with Gasteiger partial charge < -0.3 is 14.4 Å². The van der Waals surface area contributed by atoms with Crippen LogP contribution in [0.15, 0.2) is 36.7 Å². The molecular formula is C18H25N5O. The van der Waals surface area contributed by atoms with Crippen LogP contribution in [0.4, 0.5) is 5.82 Å². The van der Waals surface area contributed by atoms with E-state index in [2.05, 4.69) is 28.9 Å². The van der Waals surface area contributed by atoms with E-state index in [1.807, 2.05) is 46.1 Å². The van der Waals surface area contributed by atoms with Gasteiger partial charge in [0.25, 0.3) is 0 Å². The maximum atomic E-state index is 12.5. The summed E-state index contributed by atoms with van der Waals surface area (Å²) in [6, 6.07) is 7.90. The Bertz CT molecular complexity index is 641. The standard InChI is InChI=1S/C18H25N5O/c1-3-15(4-2)18(24)23-13-11-22(12-14-23)17-8-7-16(19-20-17)21-9-5-6-10-21/h5-10,15H,3-4,11-14H2,1-2H3. The fraction of sp³-hybridized carbons (Fsp3) is 0.500. The first-order valence-corrected chi connectivity index (χ1v) is 8.73. The normalized spacial score (nSPS) is 15.1. The summed E-state index contributed by atoms with van der Waals surface area (Å²) in [5.41, 5.74) is 0. The molecule has 0 aliphatic carbocycles. The summed E-state index contributed by atoms with van der Waals surface area (Å²) < 4.78 is 1.93. The van der Waals surface area contributed by atoms with Crippen molar-refractivity contribution < 1.29 is 4.79 Å². The molecule has 0 radical (unpaired) electrons. The smallest absolute Gasteiger partial charge is 0.225 e. The highest BCUT2D eigenvalue weighted by atomic mass is 16.2. The van der Waals surface area contributed by atoms with Crippen LogP contribution in [0.3, 0.4) is 0 Å². The van der Waals surface area contributed by atoms with Gasteiger partial charge in [0.15, 0.2) is 11.6 Å². The van der Waals surface area contributed by atoms with Crippen molar-refractivity contribution in [2.75, 3.05) is 31.1 Å². The van der Waals surface area contributed by atoms with Gasteiger partial charge in [0.05, 0.1) is 0 Å². The highest BCUT2D eigenvalue weighted by Gasteiger charge is 2.26. The minimum atomic E-state index is 0.164. The summed E-state index contributed by atoms with van der Waals surface area (Å²) in [5, 5.41) is 8.64. The van der Waals surface area contributed by atoms with Crippen LogP contribution in [0.1, 0.15) is 26.7 Å². The zero-order valence-corrected chi connectivity index (χ0v) is 14.4. The van der Waals surface area contributed by atoms with Crippen molar-refractivity contribution >= 4 is 11.7 Å². The maximum Gasteiger partial charge on any atom is 0.225 e. The number of piperazine rings is 1. The molecule has 0 N–H and O–H groups in total. The van der Waals surface area contributed by atoms with E-state index in [-0.39, 0.29) is 5.92 Å². The van der Waals surface area contributed by atoms with Gasteiger partial charge in [-0.25, -0.2) is 0 Å². The van der Waals surface area contributed by atoms with Gasteiger partial charge in [-0.2, -0.15) is 0 Å². The number of aromatic nitrogens is 3. The summed E-state index contributed by atoms with van der Waals surface area (Å²) in [6.45, 7) is 7.31. The van der Waals surface area contributed by atoms with E-state index in [9.17, 15) is 4.79 Å². The van der Waals surface area contributed by atoms with Crippen LogP contribution in [0.2, 0.25) is 0 Å². The fourth-order valence-electron chi connectivity index (χ4n) is 3.16. The SMILES string of the molecule is CCC(CC)C(=O)N1CCN(c2ccc(-n3cccc3)nn2)CC1. The minimum absolute atomic E-state index is 0.164. The number of rotatable bonds is 5. The average molecular weight is 327 g/mol. The second-order valence-corrected chi connectivity index (χ2v) is 6.17. The molecule has 0 atom stereocenters. The molecule has 0 spiro atoms. The van der Waals surface area contributed by atoms with Crippen LogP contribution in [0, 0.1) is 5.92 Å². The van der Waals surface area contributed by atoms with Crippen molar-refractivity contribution in [3.63, 3.8) is 0 Å². The van der Waals surface area contributed by atoms with Crippen LogP contribution in [-0.4, -0.2) is 51.8 Å². The molecule has 1 aliphatic rings. The van der Waals surface area contributed by atoms with Crippen molar-refractivity contribution in [3.8, 4) is 5.82 Å². The van der Waals surface area contributed by atoms with Crippen LogP contribution in [0.25, 0.3) is 5.82 Å². The van der Waals surface area contributed by atoms with Crippen molar-refractivity contribution in [2.45, 2.75) is 26.7 Å². The molecule has 24 heavy (non-hydrogen) atoms.